The van der Waals surface area contributed by atoms with Crippen LogP contribution >= 0.6 is 15.9 Å². The molecule has 2 aromatic rings. The van der Waals surface area contributed by atoms with Gasteiger partial charge in [0.1, 0.15) is 6.20 Å². The molecule has 24 heavy (non-hydrogen) atoms. The maximum absolute atomic E-state index is 12.0. The molecule has 0 atom stereocenters. The number of amides is 1. The Morgan fingerprint density at radius 2 is 2.29 bits per heavy atom. The van der Waals surface area contributed by atoms with Gasteiger partial charge in [0.25, 0.3) is 0 Å². The van der Waals surface area contributed by atoms with Crippen molar-refractivity contribution in [3.8, 4) is 5.88 Å². The molecule has 2 aromatic heterocycles. The van der Waals surface area contributed by atoms with Crippen molar-refractivity contribution in [2.45, 2.75) is 33.0 Å². The highest BCUT2D eigenvalue weighted by Crippen LogP contribution is 2.24. The van der Waals surface area contributed by atoms with Crippen LogP contribution in [0.4, 0.5) is 5.69 Å². The van der Waals surface area contributed by atoms with E-state index in [1.54, 1.807) is 10.9 Å². The first kappa shape index (κ1) is 17.9. The van der Waals surface area contributed by atoms with E-state index in [1.165, 1.54) is 18.0 Å². The minimum Gasteiger partial charge on any atom is -0.475 e. The second-order valence-corrected chi connectivity index (χ2v) is 5.68. The van der Waals surface area contributed by atoms with Gasteiger partial charge in [-0.1, -0.05) is 0 Å². The van der Waals surface area contributed by atoms with Crippen LogP contribution in [0.2, 0.25) is 0 Å². The molecule has 0 aromatic carbocycles. The Hall–Kier alpha value is -2.43. The molecule has 11 heteroatoms. The standard InChI is InChI=1S/C13H17BrN6O4/c1-3-19-10(9(14)6-16-19)7-15-12(21)4-5-18-8-11(20(22)23)13(17-18)24-2/h6,8H,3-5,7H2,1-2H3,(H,15,21). The van der Waals surface area contributed by atoms with Crippen molar-refractivity contribution in [3.05, 3.63) is 32.7 Å². The highest BCUT2D eigenvalue weighted by Gasteiger charge is 2.20. The van der Waals surface area contributed by atoms with Crippen LogP contribution < -0.4 is 10.1 Å². The van der Waals surface area contributed by atoms with Crippen LogP contribution in [-0.4, -0.2) is 37.5 Å². The largest absolute Gasteiger partial charge is 0.475 e. The third-order valence-electron chi connectivity index (χ3n) is 3.32. The lowest BCUT2D eigenvalue weighted by molar-refractivity contribution is -0.385. The summed E-state index contributed by atoms with van der Waals surface area (Å²) in [7, 11) is 1.31. The SMILES string of the molecule is CCn1ncc(Br)c1CNC(=O)CCn1cc([N+](=O)[O-])c(OC)n1. The quantitative estimate of drug-likeness (QED) is 0.529. The molecule has 0 bridgehead atoms. The number of nitrogens with one attached hydrogen (secondary N) is 1. The third kappa shape index (κ3) is 4.10. The molecule has 0 spiro atoms. The van der Waals surface area contributed by atoms with Crippen LogP contribution in [0.25, 0.3) is 0 Å². The zero-order valence-corrected chi connectivity index (χ0v) is 14.8. The lowest BCUT2D eigenvalue weighted by Crippen LogP contribution is -2.25. The van der Waals surface area contributed by atoms with E-state index in [4.69, 9.17) is 4.74 Å². The zero-order valence-electron chi connectivity index (χ0n) is 13.2. The number of aryl methyl sites for hydroxylation is 2. The van der Waals surface area contributed by atoms with Gasteiger partial charge in [0.2, 0.25) is 5.91 Å². The van der Waals surface area contributed by atoms with Crippen molar-refractivity contribution in [2.75, 3.05) is 7.11 Å². The summed E-state index contributed by atoms with van der Waals surface area (Å²) in [4.78, 5) is 22.2. The molecule has 2 heterocycles. The Bertz CT molecular complexity index is 741. The van der Waals surface area contributed by atoms with Gasteiger partial charge in [0, 0.05) is 13.0 Å². The van der Waals surface area contributed by atoms with Crippen LogP contribution in [0, 0.1) is 10.1 Å². The number of methoxy groups -OCH3 is 1. The molecule has 1 N–H and O–H groups in total. The van der Waals surface area contributed by atoms with Gasteiger partial charge in [-0.2, -0.15) is 5.10 Å². The summed E-state index contributed by atoms with van der Waals surface area (Å²) in [5.41, 5.74) is 0.649. The van der Waals surface area contributed by atoms with Gasteiger partial charge >= 0.3 is 11.6 Å². The zero-order chi connectivity index (χ0) is 17.7. The smallest absolute Gasteiger partial charge is 0.350 e. The van der Waals surface area contributed by atoms with Gasteiger partial charge in [0.05, 0.1) is 41.5 Å². The molecule has 0 saturated carbocycles. The Balaban J connectivity index is 1.89. The number of hydrogen-bond donors (Lipinski definition) is 1. The van der Waals surface area contributed by atoms with Crippen molar-refractivity contribution in [2.24, 2.45) is 0 Å². The van der Waals surface area contributed by atoms with E-state index in [9.17, 15) is 14.9 Å². The van der Waals surface area contributed by atoms with Crippen molar-refractivity contribution < 1.29 is 14.5 Å². The molecule has 0 aliphatic rings. The molecule has 2 rings (SSSR count). The maximum Gasteiger partial charge on any atom is 0.350 e. The molecule has 1 amide bonds. The molecule has 0 fully saturated rings. The van der Waals surface area contributed by atoms with Crippen LogP contribution in [0.3, 0.4) is 0 Å². The molecule has 0 radical (unpaired) electrons. The van der Waals surface area contributed by atoms with E-state index < -0.39 is 4.92 Å². The molecule has 0 aliphatic heterocycles. The molecular formula is C13H17BrN6O4. The fourth-order valence-electron chi connectivity index (χ4n) is 2.10. The highest BCUT2D eigenvalue weighted by molar-refractivity contribution is 9.10. The van der Waals surface area contributed by atoms with Crippen molar-refractivity contribution in [1.82, 2.24) is 24.9 Å². The molecule has 0 unspecified atom stereocenters. The maximum atomic E-state index is 12.0. The number of halogens is 1. The number of carbonyl (C=O) groups is 1. The Morgan fingerprint density at radius 3 is 2.88 bits per heavy atom. The number of aromatic nitrogens is 4. The second-order valence-electron chi connectivity index (χ2n) is 4.83. The average Bonchev–Trinajstić information content (AvgIpc) is 3.14. The Kier molecular flexibility index (Phi) is 5.90. The normalized spacial score (nSPS) is 10.6. The van der Waals surface area contributed by atoms with Crippen molar-refractivity contribution in [3.63, 3.8) is 0 Å². The van der Waals surface area contributed by atoms with E-state index in [1.807, 2.05) is 6.92 Å². The number of nitro groups is 1. The minimum atomic E-state index is -0.578. The molecule has 130 valence electrons. The Morgan fingerprint density at radius 1 is 1.54 bits per heavy atom. The highest BCUT2D eigenvalue weighted by atomic mass is 79.9. The summed E-state index contributed by atoms with van der Waals surface area (Å²) >= 11 is 3.39. The van der Waals surface area contributed by atoms with Crippen molar-refractivity contribution in [1.29, 1.82) is 0 Å². The van der Waals surface area contributed by atoms with Crippen LogP contribution in [0.15, 0.2) is 16.9 Å². The average molecular weight is 401 g/mol. The number of hydrogen-bond acceptors (Lipinski definition) is 6. The third-order valence-corrected chi connectivity index (χ3v) is 3.98. The predicted molar refractivity (Wildman–Crippen MR) is 87.5 cm³/mol. The first-order chi connectivity index (χ1) is 11.5. The number of ether oxygens (including phenoxy) is 1. The summed E-state index contributed by atoms with van der Waals surface area (Å²) in [5, 5.41) is 21.7. The first-order valence-electron chi connectivity index (χ1n) is 7.19. The van der Waals surface area contributed by atoms with Gasteiger partial charge in [-0.15, -0.1) is 5.10 Å². The minimum absolute atomic E-state index is 0.0730. The van der Waals surface area contributed by atoms with Crippen LogP contribution in [-0.2, 0) is 24.4 Å². The topological polar surface area (TPSA) is 117 Å². The fourth-order valence-corrected chi connectivity index (χ4v) is 2.54. The van der Waals surface area contributed by atoms with Crippen molar-refractivity contribution >= 4 is 27.5 Å². The van der Waals surface area contributed by atoms with Gasteiger partial charge < -0.3 is 10.1 Å². The van der Waals surface area contributed by atoms with Crippen LogP contribution in [0.1, 0.15) is 19.0 Å². The summed E-state index contributed by atoms with van der Waals surface area (Å²) in [5.74, 6) is -0.265. The summed E-state index contributed by atoms with van der Waals surface area (Å²) in [6, 6.07) is 0. The fraction of sp³-hybridized carbons (Fsp3) is 0.462. The lowest BCUT2D eigenvalue weighted by Gasteiger charge is -2.08. The summed E-state index contributed by atoms with van der Waals surface area (Å²) in [6.45, 7) is 3.22. The van der Waals surface area contributed by atoms with Gasteiger partial charge in [-0.3, -0.25) is 24.3 Å². The van der Waals surface area contributed by atoms with E-state index >= 15 is 0 Å². The lowest BCUT2D eigenvalue weighted by atomic mass is 10.3. The summed E-state index contributed by atoms with van der Waals surface area (Å²) in [6.07, 6.45) is 3.06. The second kappa shape index (κ2) is 7.90. The molecule has 0 saturated heterocycles. The number of nitrogens with zero attached hydrogens (tertiary/aromatic N) is 5. The molecular weight excluding hydrogens is 384 g/mol. The monoisotopic (exact) mass is 400 g/mol. The number of carbonyl (C=O) groups excluding carboxylic acids is 1. The molecule has 10 nitrogen and oxygen atoms in total. The number of rotatable bonds is 8. The Labute approximate surface area is 146 Å². The van der Waals surface area contributed by atoms with E-state index in [0.29, 0.717) is 13.1 Å². The van der Waals surface area contributed by atoms with Gasteiger partial charge in [-0.25, -0.2) is 0 Å². The van der Waals surface area contributed by atoms with E-state index in [-0.39, 0.29) is 30.4 Å². The van der Waals surface area contributed by atoms with Gasteiger partial charge in [0.15, 0.2) is 0 Å². The predicted octanol–water partition coefficient (Wildman–Crippen LogP) is 1.49. The summed E-state index contributed by atoms with van der Waals surface area (Å²) < 4.78 is 8.78. The van der Waals surface area contributed by atoms with E-state index in [0.717, 1.165) is 10.2 Å². The van der Waals surface area contributed by atoms with E-state index in [2.05, 4.69) is 31.4 Å². The van der Waals surface area contributed by atoms with Crippen LogP contribution in [0.5, 0.6) is 5.88 Å². The first-order valence-corrected chi connectivity index (χ1v) is 7.98. The molecule has 0 aliphatic carbocycles. The van der Waals surface area contributed by atoms with Gasteiger partial charge in [-0.05, 0) is 22.9 Å².